The summed E-state index contributed by atoms with van der Waals surface area (Å²) in [6.45, 7) is 0. The molecule has 11 heteroatoms. The third-order valence-electron chi connectivity index (χ3n) is 3.34. The summed E-state index contributed by atoms with van der Waals surface area (Å²) in [5.74, 6) is -2.83. The number of amides is 2. The highest BCUT2D eigenvalue weighted by Crippen LogP contribution is 2.33. The van der Waals surface area contributed by atoms with Gasteiger partial charge in [0.2, 0.25) is 0 Å². The lowest BCUT2D eigenvalue weighted by molar-refractivity contribution is -0.274. The lowest BCUT2D eigenvalue weighted by Gasteiger charge is -2.17. The molecule has 0 spiro atoms. The van der Waals surface area contributed by atoms with E-state index in [0.29, 0.717) is 4.57 Å². The standard InChI is InChI=1S/C14H7BrF3N3O4/c15-5-1-2-7(8(3-5)25-14(16,17)18)21-9(22)4-6-10(11(21)19)13(24)20-12(6)23/h1-4H,19H2,(H,20,23,24). The minimum atomic E-state index is -5.02. The fraction of sp³-hybridized carbons (Fsp3) is 0.0714. The van der Waals surface area contributed by atoms with Gasteiger partial charge in [-0.2, -0.15) is 0 Å². The van der Waals surface area contributed by atoms with Gasteiger partial charge in [0.05, 0.1) is 16.8 Å². The summed E-state index contributed by atoms with van der Waals surface area (Å²) in [5.41, 5.74) is 4.04. The number of alkyl halides is 3. The molecule has 0 radical (unpaired) electrons. The Hall–Kier alpha value is -2.82. The van der Waals surface area contributed by atoms with Crippen molar-refractivity contribution in [1.29, 1.82) is 0 Å². The Morgan fingerprint density at radius 1 is 1.12 bits per heavy atom. The van der Waals surface area contributed by atoms with Crippen molar-refractivity contribution in [3.8, 4) is 11.4 Å². The minimum Gasteiger partial charge on any atom is -0.403 e. The summed E-state index contributed by atoms with van der Waals surface area (Å²) < 4.78 is 42.8. The Labute approximate surface area is 145 Å². The zero-order valence-corrected chi connectivity index (χ0v) is 13.6. The third kappa shape index (κ3) is 2.97. The normalized spacial score (nSPS) is 13.6. The first-order valence-corrected chi connectivity index (χ1v) is 7.34. The lowest BCUT2D eigenvalue weighted by Crippen LogP contribution is -2.26. The molecule has 0 saturated heterocycles. The number of fused-ring (bicyclic) bond motifs is 1. The second-order valence-corrected chi connectivity index (χ2v) is 5.85. The van der Waals surface area contributed by atoms with Crippen LogP contribution in [0.3, 0.4) is 0 Å². The number of nitrogens with one attached hydrogen (secondary N) is 1. The number of hydrogen-bond acceptors (Lipinski definition) is 5. The van der Waals surface area contributed by atoms with Crippen molar-refractivity contribution >= 4 is 33.6 Å². The zero-order valence-electron chi connectivity index (χ0n) is 12.0. The minimum absolute atomic E-state index is 0.237. The number of hydrogen-bond donors (Lipinski definition) is 2. The molecule has 1 aromatic heterocycles. The first-order valence-electron chi connectivity index (χ1n) is 6.55. The van der Waals surface area contributed by atoms with Gasteiger partial charge in [-0.1, -0.05) is 15.9 Å². The predicted octanol–water partition coefficient (Wildman–Crippen LogP) is 1.96. The number of nitrogens with zero attached hydrogens (tertiary/aromatic N) is 1. The average Bonchev–Trinajstić information content (AvgIpc) is 2.74. The molecule has 1 aromatic carbocycles. The van der Waals surface area contributed by atoms with E-state index in [0.717, 1.165) is 18.2 Å². The molecule has 1 aliphatic rings. The van der Waals surface area contributed by atoms with Gasteiger partial charge in [0.15, 0.2) is 5.75 Å². The first kappa shape index (κ1) is 17.0. The van der Waals surface area contributed by atoms with Crippen LogP contribution in [0, 0.1) is 0 Å². The van der Waals surface area contributed by atoms with Crippen molar-refractivity contribution in [3.63, 3.8) is 0 Å². The number of rotatable bonds is 2. The van der Waals surface area contributed by atoms with E-state index < -0.39 is 35.3 Å². The first-order chi connectivity index (χ1) is 11.6. The number of carbonyl (C=O) groups is 2. The van der Waals surface area contributed by atoms with Gasteiger partial charge in [-0.3, -0.25) is 24.3 Å². The maximum Gasteiger partial charge on any atom is 0.573 e. The number of nitrogens with two attached hydrogens (primary N) is 1. The number of halogens is 4. The van der Waals surface area contributed by atoms with E-state index in [1.807, 2.05) is 5.32 Å². The smallest absolute Gasteiger partial charge is 0.403 e. The molecule has 0 fully saturated rings. The van der Waals surface area contributed by atoms with Gasteiger partial charge in [0.1, 0.15) is 5.82 Å². The monoisotopic (exact) mass is 417 g/mol. The molecule has 0 aliphatic carbocycles. The molecule has 3 rings (SSSR count). The van der Waals surface area contributed by atoms with Crippen molar-refractivity contribution < 1.29 is 27.5 Å². The number of imide groups is 1. The average molecular weight is 418 g/mol. The Balaban J connectivity index is 2.29. The van der Waals surface area contributed by atoms with Crippen LogP contribution in [-0.2, 0) is 0 Å². The van der Waals surface area contributed by atoms with E-state index in [4.69, 9.17) is 5.73 Å². The van der Waals surface area contributed by atoms with Crippen LogP contribution in [0.1, 0.15) is 20.7 Å². The molecular formula is C14H7BrF3N3O4. The second kappa shape index (κ2) is 5.62. The van der Waals surface area contributed by atoms with Crippen LogP contribution in [0.2, 0.25) is 0 Å². The molecule has 2 aromatic rings. The number of carbonyl (C=O) groups excluding carboxylic acids is 2. The molecule has 1 aliphatic heterocycles. The fourth-order valence-corrected chi connectivity index (χ4v) is 2.75. The molecule has 3 N–H and O–H groups in total. The lowest BCUT2D eigenvalue weighted by atomic mass is 10.1. The quantitative estimate of drug-likeness (QED) is 0.727. The summed E-state index contributed by atoms with van der Waals surface area (Å²) in [6.07, 6.45) is -5.02. The Morgan fingerprint density at radius 3 is 2.44 bits per heavy atom. The maximum atomic E-state index is 12.6. The molecule has 25 heavy (non-hydrogen) atoms. The van der Waals surface area contributed by atoms with Crippen molar-refractivity contribution in [2.45, 2.75) is 6.36 Å². The third-order valence-corrected chi connectivity index (χ3v) is 3.84. The number of nitrogen functional groups attached to an aromatic ring is 1. The van der Waals surface area contributed by atoms with Crippen molar-refractivity contribution in [3.05, 3.63) is 50.2 Å². The Morgan fingerprint density at radius 2 is 1.80 bits per heavy atom. The Bertz CT molecular complexity index is 985. The molecule has 130 valence electrons. The van der Waals surface area contributed by atoms with Crippen molar-refractivity contribution in [2.24, 2.45) is 0 Å². The van der Waals surface area contributed by atoms with Crippen LogP contribution in [0.25, 0.3) is 5.69 Å². The highest BCUT2D eigenvalue weighted by atomic mass is 79.9. The number of ether oxygens (including phenoxy) is 1. The van der Waals surface area contributed by atoms with Crippen LogP contribution in [0.15, 0.2) is 33.5 Å². The number of anilines is 1. The summed E-state index contributed by atoms with van der Waals surface area (Å²) in [4.78, 5) is 35.7. The van der Waals surface area contributed by atoms with E-state index in [-0.39, 0.29) is 21.3 Å². The molecule has 7 nitrogen and oxygen atoms in total. The van der Waals surface area contributed by atoms with Gasteiger partial charge in [0.25, 0.3) is 17.4 Å². The highest BCUT2D eigenvalue weighted by molar-refractivity contribution is 9.10. The topological polar surface area (TPSA) is 103 Å². The van der Waals surface area contributed by atoms with E-state index in [1.54, 1.807) is 0 Å². The van der Waals surface area contributed by atoms with Gasteiger partial charge in [0, 0.05) is 10.5 Å². The summed E-state index contributed by atoms with van der Waals surface area (Å²) >= 11 is 3.01. The maximum absolute atomic E-state index is 12.6. The molecule has 0 atom stereocenters. The fourth-order valence-electron chi connectivity index (χ4n) is 2.41. The summed E-state index contributed by atoms with van der Waals surface area (Å²) in [7, 11) is 0. The highest BCUT2D eigenvalue weighted by Gasteiger charge is 2.35. The second-order valence-electron chi connectivity index (χ2n) is 4.93. The zero-order chi connectivity index (χ0) is 18.5. The number of pyridine rings is 1. The SMILES string of the molecule is Nc1c2c(cc(=O)n1-c1ccc(Br)cc1OC(F)(F)F)C(=O)NC2=O. The predicted molar refractivity (Wildman–Crippen MR) is 82.6 cm³/mol. The van der Waals surface area contributed by atoms with E-state index in [9.17, 15) is 27.6 Å². The number of benzene rings is 1. The van der Waals surface area contributed by atoms with Crippen molar-refractivity contribution in [1.82, 2.24) is 9.88 Å². The molecule has 2 amide bonds. The van der Waals surface area contributed by atoms with Gasteiger partial charge < -0.3 is 10.5 Å². The molecule has 0 saturated carbocycles. The largest absolute Gasteiger partial charge is 0.573 e. The van der Waals surface area contributed by atoms with Crippen LogP contribution < -0.4 is 21.3 Å². The van der Waals surface area contributed by atoms with E-state index in [1.165, 1.54) is 6.07 Å². The molecule has 0 unspecified atom stereocenters. The van der Waals surface area contributed by atoms with Gasteiger partial charge in [-0.15, -0.1) is 13.2 Å². The molecular weight excluding hydrogens is 411 g/mol. The summed E-state index contributed by atoms with van der Waals surface area (Å²) in [6, 6.07) is 4.34. The Kier molecular flexibility index (Phi) is 3.82. The summed E-state index contributed by atoms with van der Waals surface area (Å²) in [5, 5.41) is 1.96. The molecule has 2 heterocycles. The van der Waals surface area contributed by atoms with E-state index in [2.05, 4.69) is 20.7 Å². The van der Waals surface area contributed by atoms with Crippen molar-refractivity contribution in [2.75, 3.05) is 5.73 Å². The van der Waals surface area contributed by atoms with Crippen LogP contribution in [-0.4, -0.2) is 22.7 Å². The van der Waals surface area contributed by atoms with Crippen LogP contribution in [0.4, 0.5) is 19.0 Å². The molecule has 0 bridgehead atoms. The van der Waals surface area contributed by atoms with Gasteiger partial charge in [-0.05, 0) is 18.2 Å². The van der Waals surface area contributed by atoms with Crippen LogP contribution in [0.5, 0.6) is 5.75 Å². The van der Waals surface area contributed by atoms with Gasteiger partial charge in [-0.25, -0.2) is 0 Å². The van der Waals surface area contributed by atoms with Crippen LogP contribution >= 0.6 is 15.9 Å². The van der Waals surface area contributed by atoms with E-state index >= 15 is 0 Å². The van der Waals surface area contributed by atoms with Gasteiger partial charge >= 0.3 is 6.36 Å². The number of aromatic nitrogens is 1.